The van der Waals surface area contributed by atoms with Crippen LogP contribution in [0.25, 0.3) is 0 Å². The average molecular weight is 471 g/mol. The lowest BCUT2D eigenvalue weighted by atomic mass is 10.1. The van der Waals surface area contributed by atoms with Crippen molar-refractivity contribution in [3.05, 3.63) is 0 Å². The van der Waals surface area contributed by atoms with Gasteiger partial charge in [-0.3, -0.25) is 14.4 Å². The SMILES string of the molecule is CCCCCCCC(=O)OCCC(OC(=O)CCCCCCC)OC(=O)CCCCCCC. The number of unbranched alkanes of at least 4 members (excludes halogenated alkanes) is 12. The number of esters is 3. The molecule has 0 atom stereocenters. The first-order valence-corrected chi connectivity index (χ1v) is 13.6. The lowest BCUT2D eigenvalue weighted by Crippen LogP contribution is -2.26. The summed E-state index contributed by atoms with van der Waals surface area (Å²) >= 11 is 0. The molecule has 0 fully saturated rings. The molecule has 0 saturated heterocycles. The number of hydrogen-bond acceptors (Lipinski definition) is 6. The summed E-state index contributed by atoms with van der Waals surface area (Å²) in [5.41, 5.74) is 0. The molecule has 0 aliphatic carbocycles. The van der Waals surface area contributed by atoms with Crippen LogP contribution in [-0.2, 0) is 28.6 Å². The second-order valence-corrected chi connectivity index (χ2v) is 8.91. The molecule has 194 valence electrons. The normalized spacial score (nSPS) is 10.9. The van der Waals surface area contributed by atoms with Crippen LogP contribution < -0.4 is 0 Å². The Kier molecular flexibility index (Phi) is 22.4. The average Bonchev–Trinajstić information content (AvgIpc) is 2.78. The highest BCUT2D eigenvalue weighted by Gasteiger charge is 2.19. The molecule has 0 aromatic rings. The van der Waals surface area contributed by atoms with Crippen LogP contribution in [0.2, 0.25) is 0 Å². The summed E-state index contributed by atoms with van der Waals surface area (Å²) in [6.45, 7) is 6.53. The van der Waals surface area contributed by atoms with Crippen molar-refractivity contribution in [2.45, 2.75) is 149 Å². The van der Waals surface area contributed by atoms with Gasteiger partial charge < -0.3 is 14.2 Å². The topological polar surface area (TPSA) is 78.9 Å². The van der Waals surface area contributed by atoms with Crippen molar-refractivity contribution in [3.63, 3.8) is 0 Å². The Morgan fingerprint density at radius 3 is 1.27 bits per heavy atom. The molecule has 0 aromatic heterocycles. The lowest BCUT2D eigenvalue weighted by Gasteiger charge is -2.18. The summed E-state index contributed by atoms with van der Waals surface area (Å²) in [4.78, 5) is 36.3. The van der Waals surface area contributed by atoms with Crippen LogP contribution in [0.4, 0.5) is 0 Å². The van der Waals surface area contributed by atoms with Gasteiger partial charge in [-0.1, -0.05) is 97.8 Å². The van der Waals surface area contributed by atoms with E-state index in [1.54, 1.807) is 0 Å². The molecule has 33 heavy (non-hydrogen) atoms. The molecule has 0 aliphatic heterocycles. The maximum atomic E-state index is 12.2. The van der Waals surface area contributed by atoms with Crippen LogP contribution in [0, 0.1) is 0 Å². The molecule has 0 unspecified atom stereocenters. The van der Waals surface area contributed by atoms with Gasteiger partial charge in [0.05, 0.1) is 13.0 Å². The monoisotopic (exact) mass is 470 g/mol. The Balaban J connectivity index is 4.36. The van der Waals surface area contributed by atoms with Gasteiger partial charge >= 0.3 is 17.9 Å². The molecule has 0 saturated carbocycles. The van der Waals surface area contributed by atoms with Gasteiger partial charge in [0.2, 0.25) is 0 Å². The molecular formula is C27H50O6. The maximum absolute atomic E-state index is 12.2. The van der Waals surface area contributed by atoms with Crippen molar-refractivity contribution in [1.29, 1.82) is 0 Å². The molecule has 6 nitrogen and oxygen atoms in total. The first kappa shape index (κ1) is 31.4. The molecule has 0 aromatic carbocycles. The highest BCUT2D eigenvalue weighted by Crippen LogP contribution is 2.12. The van der Waals surface area contributed by atoms with Gasteiger partial charge in [-0.25, -0.2) is 0 Å². The van der Waals surface area contributed by atoms with Crippen LogP contribution in [-0.4, -0.2) is 30.8 Å². The fourth-order valence-corrected chi connectivity index (χ4v) is 3.51. The minimum atomic E-state index is -0.992. The van der Waals surface area contributed by atoms with Crippen LogP contribution in [0.15, 0.2) is 0 Å². The maximum Gasteiger partial charge on any atom is 0.308 e. The smallest absolute Gasteiger partial charge is 0.308 e. The number of rotatable bonds is 23. The van der Waals surface area contributed by atoms with Gasteiger partial charge in [0, 0.05) is 19.3 Å². The van der Waals surface area contributed by atoms with Crippen LogP contribution in [0.5, 0.6) is 0 Å². The van der Waals surface area contributed by atoms with Gasteiger partial charge in [-0.2, -0.15) is 0 Å². The molecule has 0 heterocycles. The van der Waals surface area contributed by atoms with E-state index in [-0.39, 0.29) is 30.9 Å². The largest absolute Gasteiger partial charge is 0.465 e. The molecule has 6 heteroatoms. The van der Waals surface area contributed by atoms with Crippen LogP contribution >= 0.6 is 0 Å². The van der Waals surface area contributed by atoms with E-state index >= 15 is 0 Å². The Bertz CT molecular complexity index is 463. The zero-order valence-electron chi connectivity index (χ0n) is 21.7. The predicted molar refractivity (Wildman–Crippen MR) is 132 cm³/mol. The Hall–Kier alpha value is -1.59. The Labute approximate surface area is 202 Å². The first-order valence-electron chi connectivity index (χ1n) is 13.6. The van der Waals surface area contributed by atoms with Gasteiger partial charge in [-0.05, 0) is 19.3 Å². The van der Waals surface area contributed by atoms with E-state index in [9.17, 15) is 14.4 Å². The fraction of sp³-hybridized carbons (Fsp3) is 0.889. The van der Waals surface area contributed by atoms with Crippen molar-refractivity contribution in [1.82, 2.24) is 0 Å². The number of hydrogen-bond donors (Lipinski definition) is 0. The van der Waals surface area contributed by atoms with Gasteiger partial charge in [-0.15, -0.1) is 0 Å². The van der Waals surface area contributed by atoms with Crippen molar-refractivity contribution < 1.29 is 28.6 Å². The van der Waals surface area contributed by atoms with E-state index in [4.69, 9.17) is 14.2 Å². The minimum Gasteiger partial charge on any atom is -0.465 e. The molecule has 0 rings (SSSR count). The predicted octanol–water partition coefficient (Wildman–Crippen LogP) is 7.41. The van der Waals surface area contributed by atoms with E-state index in [0.29, 0.717) is 19.3 Å². The Morgan fingerprint density at radius 2 is 0.879 bits per heavy atom. The highest BCUT2D eigenvalue weighted by atomic mass is 16.7. The van der Waals surface area contributed by atoms with E-state index < -0.39 is 6.29 Å². The van der Waals surface area contributed by atoms with Gasteiger partial charge in [0.25, 0.3) is 6.29 Å². The van der Waals surface area contributed by atoms with E-state index in [0.717, 1.165) is 83.5 Å². The second-order valence-electron chi connectivity index (χ2n) is 8.91. The third-order valence-electron chi connectivity index (χ3n) is 5.60. The summed E-state index contributed by atoms with van der Waals surface area (Å²) < 4.78 is 16.1. The van der Waals surface area contributed by atoms with Crippen molar-refractivity contribution in [2.24, 2.45) is 0 Å². The third kappa shape index (κ3) is 22.0. The van der Waals surface area contributed by atoms with Crippen LogP contribution in [0.1, 0.15) is 143 Å². The van der Waals surface area contributed by atoms with E-state index in [2.05, 4.69) is 20.8 Å². The lowest BCUT2D eigenvalue weighted by molar-refractivity contribution is -0.191. The Morgan fingerprint density at radius 1 is 0.515 bits per heavy atom. The minimum absolute atomic E-state index is 0.0754. The van der Waals surface area contributed by atoms with Crippen LogP contribution in [0.3, 0.4) is 0 Å². The number of ether oxygens (including phenoxy) is 3. The molecule has 0 N–H and O–H groups in total. The summed E-state index contributed by atoms with van der Waals surface area (Å²) in [7, 11) is 0. The second kappa shape index (κ2) is 23.6. The van der Waals surface area contributed by atoms with E-state index in [1.807, 2.05) is 0 Å². The van der Waals surface area contributed by atoms with Crippen molar-refractivity contribution in [3.8, 4) is 0 Å². The summed E-state index contributed by atoms with van der Waals surface area (Å²) in [5, 5.41) is 0. The highest BCUT2D eigenvalue weighted by molar-refractivity contribution is 5.71. The number of carbonyl (C=O) groups excluding carboxylic acids is 3. The summed E-state index contributed by atoms with van der Waals surface area (Å²) in [6.07, 6.45) is 15.9. The molecule has 0 amide bonds. The van der Waals surface area contributed by atoms with Crippen molar-refractivity contribution in [2.75, 3.05) is 6.61 Å². The zero-order valence-corrected chi connectivity index (χ0v) is 21.7. The van der Waals surface area contributed by atoms with Gasteiger partial charge in [0.1, 0.15) is 0 Å². The quantitative estimate of drug-likeness (QED) is 0.0878. The first-order chi connectivity index (χ1) is 16.0. The fourth-order valence-electron chi connectivity index (χ4n) is 3.51. The summed E-state index contributed by atoms with van der Waals surface area (Å²) in [5.74, 6) is -0.987. The summed E-state index contributed by atoms with van der Waals surface area (Å²) in [6, 6.07) is 0. The standard InChI is InChI=1S/C27H50O6/c1-4-7-10-13-16-19-24(28)31-23-22-27(32-25(29)20-17-14-11-8-5-2)33-26(30)21-18-15-12-9-6-3/h27H,4-23H2,1-3H3. The molecule has 0 spiro atoms. The third-order valence-corrected chi connectivity index (χ3v) is 5.60. The van der Waals surface area contributed by atoms with E-state index in [1.165, 1.54) is 12.8 Å². The molecular weight excluding hydrogens is 420 g/mol. The van der Waals surface area contributed by atoms with Gasteiger partial charge in [0.15, 0.2) is 0 Å². The molecule has 0 radical (unpaired) electrons. The number of carbonyl (C=O) groups is 3. The molecule has 0 aliphatic rings. The van der Waals surface area contributed by atoms with Crippen molar-refractivity contribution >= 4 is 17.9 Å². The zero-order chi connectivity index (χ0) is 24.6. The molecule has 0 bridgehead atoms.